The molecule has 2 aromatic carbocycles. The first-order valence-electron chi connectivity index (χ1n) is 14.8. The number of aliphatic hydroxyl groups is 1. The summed E-state index contributed by atoms with van der Waals surface area (Å²) in [6, 6.07) is 20.6. The maximum atomic E-state index is 9.18. The van der Waals surface area contributed by atoms with Crippen molar-refractivity contribution >= 4 is 19.8 Å². The van der Waals surface area contributed by atoms with E-state index in [1.165, 1.54) is 0 Å². The smallest absolute Gasteiger partial charge is 0.192 e. The number of aromatic nitrogens is 3. The van der Waals surface area contributed by atoms with E-state index in [1.54, 1.807) is 0 Å². The van der Waals surface area contributed by atoms with Crippen LogP contribution in [0.3, 0.4) is 0 Å². The molecule has 220 valence electrons. The number of hydrogen-bond acceptors (Lipinski definition) is 6. The Labute approximate surface area is 251 Å². The van der Waals surface area contributed by atoms with Crippen molar-refractivity contribution < 1.29 is 9.53 Å². The number of aliphatic hydroxyl groups excluding tert-OH is 1. The number of anilines is 1. The van der Waals surface area contributed by atoms with Gasteiger partial charge < -0.3 is 14.4 Å². The molecule has 1 fully saturated rings. The van der Waals surface area contributed by atoms with Crippen LogP contribution >= 0.6 is 0 Å². The molecule has 4 aromatic rings. The van der Waals surface area contributed by atoms with Crippen LogP contribution < -0.4 is 4.90 Å². The molecule has 1 N–H and O–H groups in total. The molecule has 42 heavy (non-hydrogen) atoms. The molecule has 1 aliphatic rings. The van der Waals surface area contributed by atoms with Gasteiger partial charge in [0.25, 0.3) is 0 Å². The predicted octanol–water partition coefficient (Wildman–Crippen LogP) is 5.86. The monoisotopic (exact) mass is 581 g/mol. The van der Waals surface area contributed by atoms with Gasteiger partial charge in [-0.05, 0) is 42.8 Å². The van der Waals surface area contributed by atoms with E-state index in [2.05, 4.69) is 98.8 Å². The molecule has 0 radical (unpaired) electrons. The van der Waals surface area contributed by atoms with Crippen LogP contribution in [0.5, 0.6) is 0 Å². The van der Waals surface area contributed by atoms with Crippen LogP contribution in [0.15, 0.2) is 60.7 Å². The number of fused-ring (bicyclic) bond motifs is 1. The predicted molar refractivity (Wildman–Crippen MR) is 174 cm³/mol. The summed E-state index contributed by atoms with van der Waals surface area (Å²) in [7, 11) is -1.74. The van der Waals surface area contributed by atoms with Crippen molar-refractivity contribution in [2.45, 2.75) is 45.8 Å². The third-order valence-electron chi connectivity index (χ3n) is 8.65. The van der Waals surface area contributed by atoms with E-state index < -0.39 is 8.32 Å². The lowest BCUT2D eigenvalue weighted by atomic mass is 10.1. The molecule has 8 heteroatoms. The number of aryl methyl sites for hydroxylation is 1. The van der Waals surface area contributed by atoms with Gasteiger partial charge in [-0.25, -0.2) is 4.98 Å². The maximum Gasteiger partial charge on any atom is 0.192 e. The maximum absolute atomic E-state index is 9.18. The second-order valence-corrected chi connectivity index (χ2v) is 17.3. The molecule has 0 unspecified atom stereocenters. The Kier molecular flexibility index (Phi) is 8.85. The Morgan fingerprint density at radius 3 is 2.36 bits per heavy atom. The first-order valence-corrected chi connectivity index (χ1v) is 17.8. The van der Waals surface area contributed by atoms with E-state index in [0.717, 1.165) is 84.4 Å². The molecule has 0 spiro atoms. The lowest BCUT2D eigenvalue weighted by Gasteiger charge is -2.38. The summed E-state index contributed by atoms with van der Waals surface area (Å²) in [4.78, 5) is 10.1. The van der Waals surface area contributed by atoms with Gasteiger partial charge >= 0.3 is 0 Å². The minimum absolute atomic E-state index is 0.164. The van der Waals surface area contributed by atoms with Gasteiger partial charge in [0.15, 0.2) is 14.0 Å². The van der Waals surface area contributed by atoms with Gasteiger partial charge in [-0.15, -0.1) is 0 Å². The van der Waals surface area contributed by atoms with Gasteiger partial charge in [-0.1, -0.05) is 75.1 Å². The zero-order valence-electron chi connectivity index (χ0n) is 25.8. The minimum atomic E-state index is -1.74. The Bertz CT molecular complexity index is 1590. The fourth-order valence-electron chi connectivity index (χ4n) is 5.17. The average Bonchev–Trinajstić information content (AvgIpc) is 3.31. The van der Waals surface area contributed by atoms with Gasteiger partial charge in [0.2, 0.25) is 0 Å². The summed E-state index contributed by atoms with van der Waals surface area (Å²) in [6.07, 6.45) is 0. The highest BCUT2D eigenvalue weighted by Gasteiger charge is 2.37. The number of benzene rings is 2. The molecule has 5 rings (SSSR count). The van der Waals surface area contributed by atoms with Gasteiger partial charge in [0.05, 0.1) is 11.4 Å². The normalized spacial score (nSPS) is 14.7. The largest absolute Gasteiger partial charge is 0.416 e. The highest BCUT2D eigenvalue weighted by Crippen LogP contribution is 2.36. The summed E-state index contributed by atoms with van der Waals surface area (Å²) in [5, 5.41) is 14.4. The quantitative estimate of drug-likeness (QED) is 0.218. The summed E-state index contributed by atoms with van der Waals surface area (Å²) >= 11 is 0. The Morgan fingerprint density at radius 2 is 1.67 bits per heavy atom. The van der Waals surface area contributed by atoms with Crippen LogP contribution in [0.2, 0.25) is 18.1 Å². The zero-order chi connectivity index (χ0) is 29.9. The molecule has 1 saturated heterocycles. The van der Waals surface area contributed by atoms with Crippen LogP contribution in [0.25, 0.3) is 28.0 Å². The highest BCUT2D eigenvalue weighted by atomic mass is 28.4. The summed E-state index contributed by atoms with van der Waals surface area (Å²) < 4.78 is 8.48. The Hall–Kier alpha value is -3.48. The zero-order valence-corrected chi connectivity index (χ0v) is 26.8. The van der Waals surface area contributed by atoms with Crippen molar-refractivity contribution in [2.24, 2.45) is 0 Å². The van der Waals surface area contributed by atoms with Gasteiger partial charge in [0.1, 0.15) is 12.4 Å². The fourth-order valence-corrected chi connectivity index (χ4v) is 6.20. The number of rotatable bonds is 7. The van der Waals surface area contributed by atoms with E-state index in [1.807, 2.05) is 28.8 Å². The summed E-state index contributed by atoms with van der Waals surface area (Å²) in [5.41, 5.74) is 6.69. The second-order valence-electron chi connectivity index (χ2n) is 12.5. The van der Waals surface area contributed by atoms with Crippen molar-refractivity contribution in [3.63, 3.8) is 0 Å². The number of piperazine rings is 1. The van der Waals surface area contributed by atoms with Crippen molar-refractivity contribution in [3.05, 3.63) is 71.9 Å². The van der Waals surface area contributed by atoms with E-state index in [9.17, 15) is 5.11 Å². The third-order valence-corrected chi connectivity index (χ3v) is 13.2. The topological polar surface area (TPSA) is 66.1 Å². The summed E-state index contributed by atoms with van der Waals surface area (Å²) in [5.74, 6) is 6.83. The Morgan fingerprint density at radius 1 is 0.952 bits per heavy atom. The first-order chi connectivity index (χ1) is 20.1. The highest BCUT2D eigenvalue weighted by molar-refractivity contribution is 6.74. The lowest BCUT2D eigenvalue weighted by molar-refractivity contribution is 0.190. The van der Waals surface area contributed by atoms with Crippen LogP contribution in [0.4, 0.5) is 5.82 Å². The van der Waals surface area contributed by atoms with Gasteiger partial charge in [-0.2, -0.15) is 9.61 Å². The van der Waals surface area contributed by atoms with Crippen LogP contribution in [0.1, 0.15) is 32.0 Å². The fraction of sp³-hybridized carbons (Fsp3) is 0.412. The minimum Gasteiger partial charge on any atom is -0.416 e. The van der Waals surface area contributed by atoms with Crippen molar-refractivity contribution in [1.82, 2.24) is 19.5 Å². The van der Waals surface area contributed by atoms with E-state index in [0.29, 0.717) is 0 Å². The van der Waals surface area contributed by atoms with Crippen molar-refractivity contribution in [3.8, 4) is 34.2 Å². The molecule has 7 nitrogen and oxygen atoms in total. The lowest BCUT2D eigenvalue weighted by Crippen LogP contribution is -2.49. The Balaban J connectivity index is 1.45. The van der Waals surface area contributed by atoms with Crippen LogP contribution in [-0.2, 0) is 4.43 Å². The number of hydrogen-bond donors (Lipinski definition) is 1. The molecule has 0 atom stereocenters. The molecule has 0 saturated carbocycles. The third kappa shape index (κ3) is 6.45. The van der Waals surface area contributed by atoms with Crippen molar-refractivity contribution in [1.29, 1.82) is 0 Å². The van der Waals surface area contributed by atoms with Gasteiger partial charge in [-0.3, -0.25) is 4.90 Å². The van der Waals surface area contributed by atoms with Crippen LogP contribution in [0, 0.1) is 18.8 Å². The molecular formula is C34H43N5O2Si. The van der Waals surface area contributed by atoms with Crippen LogP contribution in [-0.4, -0.2) is 78.9 Å². The average molecular weight is 582 g/mol. The summed E-state index contributed by atoms with van der Waals surface area (Å²) in [6.45, 7) is 18.9. The molecule has 3 heterocycles. The number of nitrogens with zero attached hydrogens (tertiary/aromatic N) is 5. The van der Waals surface area contributed by atoms with E-state index in [4.69, 9.17) is 14.5 Å². The first kappa shape index (κ1) is 30.0. The molecule has 0 bridgehead atoms. The molecule has 0 amide bonds. The molecule has 2 aromatic heterocycles. The standard InChI is InChI=1S/C34H43N5O2Si/c1-26-32(28-14-8-7-9-15-28)33-35-30(29-16-10-12-27(24-29)13-11-22-40)25-31(39(33)36-26)38-19-17-37(18-20-38)21-23-41-42(5,6)34(2,3)4/h7-10,12,14-16,24-25,40H,17-23H2,1-6H3. The molecule has 1 aliphatic heterocycles. The van der Waals surface area contributed by atoms with Gasteiger partial charge in [0, 0.05) is 62.1 Å². The second kappa shape index (κ2) is 12.4. The van der Waals surface area contributed by atoms with Crippen molar-refractivity contribution in [2.75, 3.05) is 50.8 Å². The molecule has 0 aliphatic carbocycles. The molecular weight excluding hydrogens is 538 g/mol. The van der Waals surface area contributed by atoms with E-state index >= 15 is 0 Å². The van der Waals surface area contributed by atoms with E-state index in [-0.39, 0.29) is 11.6 Å². The SMILES string of the molecule is Cc1nn2c(N3CCN(CCO[Si](C)(C)C(C)(C)C)CC3)cc(-c3cccc(C#CCO)c3)nc2c1-c1ccccc1.